The summed E-state index contributed by atoms with van der Waals surface area (Å²) in [5.41, 5.74) is 8.34. The molecule has 0 unspecified atom stereocenters. The van der Waals surface area contributed by atoms with Gasteiger partial charge in [0.25, 0.3) is 0 Å². The molecule has 0 heterocycles. The van der Waals surface area contributed by atoms with Gasteiger partial charge in [-0.25, -0.2) is 0 Å². The summed E-state index contributed by atoms with van der Waals surface area (Å²) < 4.78 is 0.664. The molecule has 0 spiro atoms. The number of nitrogens with one attached hydrogen (secondary N) is 1. The third-order valence-electron chi connectivity index (χ3n) is 3.05. The van der Waals surface area contributed by atoms with Crippen LogP contribution in [0, 0.1) is 6.92 Å². The summed E-state index contributed by atoms with van der Waals surface area (Å²) in [6.07, 6.45) is 0. The summed E-state index contributed by atoms with van der Waals surface area (Å²) >= 11 is 3.28. The van der Waals surface area contributed by atoms with Crippen LogP contribution in [0.25, 0.3) is 0 Å². The maximum absolute atomic E-state index is 11.1. The van der Waals surface area contributed by atoms with Crippen LogP contribution in [0.5, 0.6) is 5.75 Å². The van der Waals surface area contributed by atoms with Crippen molar-refractivity contribution in [3.05, 3.63) is 57.6 Å². The molecule has 0 bridgehead atoms. The van der Waals surface area contributed by atoms with Crippen LogP contribution >= 0.6 is 15.9 Å². The van der Waals surface area contributed by atoms with Crippen molar-refractivity contribution in [2.45, 2.75) is 13.5 Å². The molecule has 0 radical (unpaired) electrons. The summed E-state index contributed by atoms with van der Waals surface area (Å²) in [5, 5.41) is 13.1. The van der Waals surface area contributed by atoms with E-state index in [0.717, 1.165) is 16.8 Å². The van der Waals surface area contributed by atoms with Gasteiger partial charge in [0.05, 0.1) is 4.47 Å². The van der Waals surface area contributed by atoms with Crippen LogP contribution in [0.1, 0.15) is 21.5 Å². The van der Waals surface area contributed by atoms with E-state index in [1.165, 1.54) is 0 Å². The number of para-hydroxylation sites is 1. The number of phenolic OH excluding ortho intramolecular Hbond substituents is 1. The number of hydrogen-bond donors (Lipinski definition) is 3. The first kappa shape index (κ1) is 14.4. The fourth-order valence-corrected chi connectivity index (χ4v) is 2.32. The number of hydrogen-bond acceptors (Lipinski definition) is 3. The second kappa shape index (κ2) is 5.96. The van der Waals surface area contributed by atoms with Crippen molar-refractivity contribution in [2.24, 2.45) is 5.73 Å². The molecule has 0 aliphatic carbocycles. The summed E-state index contributed by atoms with van der Waals surface area (Å²) in [6, 6.07) is 10.7. The number of aryl methyl sites for hydroxylation is 1. The Kier molecular flexibility index (Phi) is 4.29. The van der Waals surface area contributed by atoms with Gasteiger partial charge in [0.2, 0.25) is 5.91 Å². The van der Waals surface area contributed by atoms with Gasteiger partial charge in [-0.2, -0.15) is 0 Å². The van der Waals surface area contributed by atoms with E-state index >= 15 is 0 Å². The molecule has 2 aromatic rings. The topological polar surface area (TPSA) is 75.4 Å². The van der Waals surface area contributed by atoms with E-state index in [1.54, 1.807) is 18.2 Å². The van der Waals surface area contributed by atoms with Crippen molar-refractivity contribution in [1.29, 1.82) is 0 Å². The van der Waals surface area contributed by atoms with Crippen LogP contribution in [-0.2, 0) is 6.54 Å². The van der Waals surface area contributed by atoms with Crippen molar-refractivity contribution in [2.75, 3.05) is 5.32 Å². The van der Waals surface area contributed by atoms with Crippen LogP contribution in [0.15, 0.2) is 40.9 Å². The maximum Gasteiger partial charge on any atom is 0.248 e. The number of phenols is 1. The standard InChI is InChI=1S/C15H15BrN2O2/c1-9-7-10(15(17)20)5-6-13(9)18-8-11-3-2-4-12(16)14(11)19/h2-7,18-19H,8H2,1H3,(H2,17,20). The summed E-state index contributed by atoms with van der Waals surface area (Å²) in [5.74, 6) is -0.212. The minimum atomic E-state index is -0.440. The van der Waals surface area contributed by atoms with E-state index in [-0.39, 0.29) is 5.75 Å². The van der Waals surface area contributed by atoms with Crippen LogP contribution in [0.2, 0.25) is 0 Å². The van der Waals surface area contributed by atoms with Crippen molar-refractivity contribution >= 4 is 27.5 Å². The monoisotopic (exact) mass is 334 g/mol. The van der Waals surface area contributed by atoms with Crippen LogP contribution < -0.4 is 11.1 Å². The number of rotatable bonds is 4. The number of primary amides is 1. The van der Waals surface area contributed by atoms with Gasteiger partial charge in [-0.1, -0.05) is 12.1 Å². The number of halogens is 1. The lowest BCUT2D eigenvalue weighted by molar-refractivity contribution is 0.1000. The van der Waals surface area contributed by atoms with Crippen LogP contribution in [0.4, 0.5) is 5.69 Å². The van der Waals surface area contributed by atoms with Crippen molar-refractivity contribution in [3.63, 3.8) is 0 Å². The molecule has 0 fully saturated rings. The van der Waals surface area contributed by atoms with Crippen molar-refractivity contribution < 1.29 is 9.90 Å². The summed E-state index contributed by atoms with van der Waals surface area (Å²) in [4.78, 5) is 11.1. The Labute approximate surface area is 125 Å². The van der Waals surface area contributed by atoms with Gasteiger partial charge in [-0.15, -0.1) is 0 Å². The second-order valence-corrected chi connectivity index (χ2v) is 5.35. The molecule has 0 saturated carbocycles. The number of carbonyl (C=O) groups is 1. The molecule has 0 saturated heterocycles. The molecule has 0 aliphatic rings. The van der Waals surface area contributed by atoms with Gasteiger partial charge in [0.15, 0.2) is 0 Å². The quantitative estimate of drug-likeness (QED) is 0.803. The third kappa shape index (κ3) is 3.11. The molecule has 0 aliphatic heterocycles. The van der Waals surface area contributed by atoms with E-state index in [2.05, 4.69) is 21.2 Å². The van der Waals surface area contributed by atoms with Crippen molar-refractivity contribution in [3.8, 4) is 5.75 Å². The molecular formula is C15H15BrN2O2. The molecule has 20 heavy (non-hydrogen) atoms. The van der Waals surface area contributed by atoms with Gasteiger partial charge in [0, 0.05) is 23.4 Å². The van der Waals surface area contributed by atoms with E-state index in [0.29, 0.717) is 16.6 Å². The van der Waals surface area contributed by atoms with Crippen LogP contribution in [0.3, 0.4) is 0 Å². The zero-order valence-electron chi connectivity index (χ0n) is 11.0. The molecule has 2 aromatic carbocycles. The normalized spacial score (nSPS) is 10.3. The maximum atomic E-state index is 11.1. The minimum absolute atomic E-state index is 0.228. The molecule has 104 valence electrons. The Bertz CT molecular complexity index is 656. The second-order valence-electron chi connectivity index (χ2n) is 4.50. The number of nitrogens with two attached hydrogens (primary N) is 1. The largest absolute Gasteiger partial charge is 0.506 e. The molecule has 2 rings (SSSR count). The van der Waals surface area contributed by atoms with Gasteiger partial charge < -0.3 is 16.2 Å². The Morgan fingerprint density at radius 1 is 1.35 bits per heavy atom. The van der Waals surface area contributed by atoms with Crippen LogP contribution in [-0.4, -0.2) is 11.0 Å². The zero-order chi connectivity index (χ0) is 14.7. The Balaban J connectivity index is 2.15. The third-order valence-corrected chi connectivity index (χ3v) is 3.69. The highest BCUT2D eigenvalue weighted by atomic mass is 79.9. The number of carbonyl (C=O) groups excluding carboxylic acids is 1. The Hall–Kier alpha value is -2.01. The highest BCUT2D eigenvalue weighted by Crippen LogP contribution is 2.28. The highest BCUT2D eigenvalue weighted by Gasteiger charge is 2.07. The van der Waals surface area contributed by atoms with Gasteiger partial charge >= 0.3 is 0 Å². The number of benzene rings is 2. The van der Waals surface area contributed by atoms with Gasteiger partial charge in [0.1, 0.15) is 5.75 Å². The van der Waals surface area contributed by atoms with Crippen molar-refractivity contribution in [1.82, 2.24) is 0 Å². The first-order valence-electron chi connectivity index (χ1n) is 6.09. The number of aromatic hydroxyl groups is 1. The molecule has 5 heteroatoms. The lowest BCUT2D eigenvalue weighted by Crippen LogP contribution is -2.11. The Morgan fingerprint density at radius 3 is 2.75 bits per heavy atom. The molecular weight excluding hydrogens is 320 g/mol. The van der Waals surface area contributed by atoms with E-state index in [1.807, 2.05) is 25.1 Å². The average molecular weight is 335 g/mol. The first-order valence-corrected chi connectivity index (χ1v) is 6.89. The number of amides is 1. The molecule has 0 aromatic heterocycles. The highest BCUT2D eigenvalue weighted by molar-refractivity contribution is 9.10. The predicted octanol–water partition coefficient (Wildman–Crippen LogP) is 3.17. The Morgan fingerprint density at radius 2 is 2.10 bits per heavy atom. The SMILES string of the molecule is Cc1cc(C(N)=O)ccc1NCc1cccc(Br)c1O. The zero-order valence-corrected chi connectivity index (χ0v) is 12.6. The predicted molar refractivity (Wildman–Crippen MR) is 82.8 cm³/mol. The van der Waals surface area contributed by atoms with Gasteiger partial charge in [-0.3, -0.25) is 4.79 Å². The van der Waals surface area contributed by atoms with E-state index < -0.39 is 5.91 Å². The molecule has 1 amide bonds. The lowest BCUT2D eigenvalue weighted by Gasteiger charge is -2.12. The summed E-state index contributed by atoms with van der Waals surface area (Å²) in [6.45, 7) is 2.39. The fourth-order valence-electron chi connectivity index (χ4n) is 1.91. The molecule has 4 nitrogen and oxygen atoms in total. The average Bonchev–Trinajstić information content (AvgIpc) is 2.41. The fraction of sp³-hybridized carbons (Fsp3) is 0.133. The van der Waals surface area contributed by atoms with Gasteiger partial charge in [-0.05, 0) is 52.7 Å². The minimum Gasteiger partial charge on any atom is -0.506 e. The summed E-state index contributed by atoms with van der Waals surface area (Å²) in [7, 11) is 0. The molecule has 0 atom stereocenters. The smallest absolute Gasteiger partial charge is 0.248 e. The molecule has 4 N–H and O–H groups in total. The van der Waals surface area contributed by atoms with E-state index in [9.17, 15) is 9.90 Å². The first-order chi connectivity index (χ1) is 9.49. The number of anilines is 1. The lowest BCUT2D eigenvalue weighted by atomic mass is 10.1. The van der Waals surface area contributed by atoms with E-state index in [4.69, 9.17) is 5.73 Å².